The van der Waals surface area contributed by atoms with Gasteiger partial charge in [0, 0.05) is 19.7 Å². The monoisotopic (exact) mass is 236 g/mol. The summed E-state index contributed by atoms with van der Waals surface area (Å²) in [5, 5.41) is 3.40. The number of methoxy groups -OCH3 is 1. The van der Waals surface area contributed by atoms with E-state index in [2.05, 4.69) is 24.2 Å². The quantitative estimate of drug-likeness (QED) is 0.781. The van der Waals surface area contributed by atoms with Gasteiger partial charge in [0.1, 0.15) is 0 Å². The normalized spacial score (nSPS) is 20.0. The molecule has 1 rings (SSSR count). The van der Waals surface area contributed by atoms with Gasteiger partial charge in [0.05, 0.1) is 6.61 Å². The van der Waals surface area contributed by atoms with E-state index in [0.717, 1.165) is 12.5 Å². The summed E-state index contributed by atoms with van der Waals surface area (Å²) in [4.78, 5) is 2.42. The van der Waals surface area contributed by atoms with Crippen molar-refractivity contribution < 1.29 is 4.74 Å². The number of piperidine rings is 1. The fourth-order valence-electron chi connectivity index (χ4n) is 2.02. The van der Waals surface area contributed by atoms with E-state index in [0.29, 0.717) is 6.04 Å². The first-order valence-corrected chi connectivity index (χ1v) is 5.64. The highest BCUT2D eigenvalue weighted by Gasteiger charge is 2.17. The van der Waals surface area contributed by atoms with Gasteiger partial charge in [0.25, 0.3) is 0 Å². The number of hydrogen-bond donors (Lipinski definition) is 1. The minimum atomic E-state index is 0. The molecule has 92 valence electrons. The summed E-state index contributed by atoms with van der Waals surface area (Å²) in [6, 6.07) is 0.537. The molecule has 0 bridgehead atoms. The Morgan fingerprint density at radius 2 is 2.00 bits per heavy atom. The lowest BCUT2D eigenvalue weighted by atomic mass is 9.97. The van der Waals surface area contributed by atoms with Crippen LogP contribution in [0.3, 0.4) is 0 Å². The molecule has 15 heavy (non-hydrogen) atoms. The standard InChI is InChI=1S/C11H24N2O.ClH/c1-10(9-14-3)13(2)8-11-4-6-12-7-5-11;/h10-12H,4-9H2,1-3H3;1H. The zero-order valence-electron chi connectivity index (χ0n) is 10.2. The third-order valence-electron chi connectivity index (χ3n) is 3.17. The fraction of sp³-hybridized carbons (Fsp3) is 1.00. The molecule has 1 fully saturated rings. The third kappa shape index (κ3) is 5.71. The van der Waals surface area contributed by atoms with Crippen molar-refractivity contribution in [2.24, 2.45) is 5.92 Å². The molecule has 1 aliphatic rings. The van der Waals surface area contributed by atoms with Crippen LogP contribution in [0.2, 0.25) is 0 Å². The molecule has 0 amide bonds. The molecule has 1 saturated heterocycles. The summed E-state index contributed by atoms with van der Waals surface area (Å²) in [7, 11) is 3.97. The van der Waals surface area contributed by atoms with Crippen molar-refractivity contribution >= 4 is 12.4 Å². The third-order valence-corrected chi connectivity index (χ3v) is 3.17. The zero-order chi connectivity index (χ0) is 10.4. The minimum Gasteiger partial charge on any atom is -0.383 e. The molecule has 3 nitrogen and oxygen atoms in total. The van der Waals surface area contributed by atoms with Crippen LogP contribution in [0.25, 0.3) is 0 Å². The summed E-state index contributed by atoms with van der Waals surface area (Å²) in [6.07, 6.45) is 2.65. The molecule has 0 aromatic rings. The van der Waals surface area contributed by atoms with Crippen molar-refractivity contribution in [3.8, 4) is 0 Å². The molecule has 4 heteroatoms. The van der Waals surface area contributed by atoms with Gasteiger partial charge in [-0.3, -0.25) is 0 Å². The molecule has 0 aromatic carbocycles. The van der Waals surface area contributed by atoms with Gasteiger partial charge in [-0.05, 0) is 45.8 Å². The second-order valence-electron chi connectivity index (χ2n) is 4.44. The SMILES string of the molecule is COCC(C)N(C)CC1CCNCC1.Cl. The van der Waals surface area contributed by atoms with Crippen LogP contribution in [0.5, 0.6) is 0 Å². The van der Waals surface area contributed by atoms with Gasteiger partial charge in [-0.15, -0.1) is 12.4 Å². The predicted octanol–water partition coefficient (Wildman–Crippen LogP) is 1.37. The molecule has 0 spiro atoms. The highest BCUT2D eigenvalue weighted by atomic mass is 35.5. The van der Waals surface area contributed by atoms with Crippen LogP contribution in [0.4, 0.5) is 0 Å². The largest absolute Gasteiger partial charge is 0.383 e. The maximum atomic E-state index is 5.16. The topological polar surface area (TPSA) is 24.5 Å². The minimum absolute atomic E-state index is 0. The summed E-state index contributed by atoms with van der Waals surface area (Å²) in [6.45, 7) is 6.66. The van der Waals surface area contributed by atoms with Gasteiger partial charge in [-0.25, -0.2) is 0 Å². The van der Waals surface area contributed by atoms with Crippen LogP contribution in [0.1, 0.15) is 19.8 Å². The molecule has 0 aromatic heterocycles. The second-order valence-corrected chi connectivity index (χ2v) is 4.44. The summed E-state index contributed by atoms with van der Waals surface area (Å²) >= 11 is 0. The molecule has 0 radical (unpaired) electrons. The van der Waals surface area contributed by atoms with E-state index in [9.17, 15) is 0 Å². The van der Waals surface area contributed by atoms with Crippen molar-refractivity contribution in [3.63, 3.8) is 0 Å². The van der Waals surface area contributed by atoms with Gasteiger partial charge in [-0.2, -0.15) is 0 Å². The van der Waals surface area contributed by atoms with Gasteiger partial charge >= 0.3 is 0 Å². The average Bonchev–Trinajstić information content (AvgIpc) is 2.19. The van der Waals surface area contributed by atoms with E-state index in [1.165, 1.54) is 32.5 Å². The Kier molecular flexibility index (Phi) is 8.43. The number of halogens is 1. The van der Waals surface area contributed by atoms with Crippen molar-refractivity contribution in [2.45, 2.75) is 25.8 Å². The number of hydrogen-bond acceptors (Lipinski definition) is 3. The molecule has 0 saturated carbocycles. The number of rotatable bonds is 5. The Morgan fingerprint density at radius 3 is 2.53 bits per heavy atom. The highest BCUT2D eigenvalue weighted by Crippen LogP contribution is 2.13. The number of nitrogens with one attached hydrogen (secondary N) is 1. The van der Waals surface area contributed by atoms with Crippen LogP contribution >= 0.6 is 12.4 Å². The molecule has 1 heterocycles. The van der Waals surface area contributed by atoms with E-state index >= 15 is 0 Å². The van der Waals surface area contributed by atoms with Crippen LogP contribution in [0.15, 0.2) is 0 Å². The van der Waals surface area contributed by atoms with Crippen LogP contribution in [0, 0.1) is 5.92 Å². The number of ether oxygens (including phenoxy) is 1. The maximum absolute atomic E-state index is 5.16. The van der Waals surface area contributed by atoms with Crippen molar-refractivity contribution in [1.82, 2.24) is 10.2 Å². The van der Waals surface area contributed by atoms with E-state index in [1.807, 2.05) is 0 Å². The molecular formula is C11H25ClN2O. The van der Waals surface area contributed by atoms with E-state index in [-0.39, 0.29) is 12.4 Å². The smallest absolute Gasteiger partial charge is 0.0615 e. The van der Waals surface area contributed by atoms with Gasteiger partial charge in [-0.1, -0.05) is 0 Å². The Hall–Kier alpha value is 0.170. The Labute approximate surface area is 100.0 Å². The van der Waals surface area contributed by atoms with Gasteiger partial charge in [0.15, 0.2) is 0 Å². The van der Waals surface area contributed by atoms with Gasteiger partial charge in [0.2, 0.25) is 0 Å². The number of likely N-dealkylation sites (N-methyl/N-ethyl adjacent to an activating group) is 1. The first-order valence-electron chi connectivity index (χ1n) is 5.64. The molecular weight excluding hydrogens is 212 g/mol. The second kappa shape index (κ2) is 8.34. The first kappa shape index (κ1) is 15.2. The van der Waals surface area contributed by atoms with Crippen molar-refractivity contribution in [3.05, 3.63) is 0 Å². The van der Waals surface area contributed by atoms with E-state index in [1.54, 1.807) is 7.11 Å². The predicted molar refractivity (Wildman–Crippen MR) is 66.8 cm³/mol. The maximum Gasteiger partial charge on any atom is 0.0615 e. The Balaban J connectivity index is 0.00000196. The molecule has 1 atom stereocenters. The lowest BCUT2D eigenvalue weighted by Crippen LogP contribution is -2.39. The number of nitrogens with zero attached hydrogens (tertiary/aromatic N) is 1. The molecule has 0 aliphatic carbocycles. The summed E-state index contributed by atoms with van der Waals surface area (Å²) < 4.78 is 5.16. The summed E-state index contributed by atoms with van der Waals surface area (Å²) in [5.41, 5.74) is 0. The average molecular weight is 237 g/mol. The Bertz CT molecular complexity index is 152. The van der Waals surface area contributed by atoms with Crippen molar-refractivity contribution in [2.75, 3.05) is 40.4 Å². The fourth-order valence-corrected chi connectivity index (χ4v) is 2.02. The lowest BCUT2D eigenvalue weighted by molar-refractivity contribution is 0.101. The molecule has 1 aliphatic heterocycles. The summed E-state index contributed by atoms with van der Waals surface area (Å²) in [5.74, 6) is 0.876. The van der Waals surface area contributed by atoms with E-state index in [4.69, 9.17) is 4.74 Å². The first-order chi connectivity index (χ1) is 6.74. The van der Waals surface area contributed by atoms with Crippen molar-refractivity contribution in [1.29, 1.82) is 0 Å². The molecule has 1 unspecified atom stereocenters. The van der Waals surface area contributed by atoms with Crippen LogP contribution < -0.4 is 5.32 Å². The van der Waals surface area contributed by atoms with E-state index < -0.39 is 0 Å². The van der Waals surface area contributed by atoms with Crippen LogP contribution in [-0.2, 0) is 4.74 Å². The molecule has 1 N–H and O–H groups in total. The Morgan fingerprint density at radius 1 is 1.40 bits per heavy atom. The lowest BCUT2D eigenvalue weighted by Gasteiger charge is -2.30. The van der Waals surface area contributed by atoms with Gasteiger partial charge < -0.3 is 15.0 Å². The highest BCUT2D eigenvalue weighted by molar-refractivity contribution is 5.85. The zero-order valence-corrected chi connectivity index (χ0v) is 11.0. The van der Waals surface area contributed by atoms with Crippen LogP contribution in [-0.4, -0.2) is 51.3 Å².